The fourth-order valence-electron chi connectivity index (χ4n) is 5.82. The van der Waals surface area contributed by atoms with Crippen molar-refractivity contribution in [2.45, 2.75) is 59.9 Å². The molecule has 2 heterocycles. The van der Waals surface area contributed by atoms with Crippen molar-refractivity contribution in [3.63, 3.8) is 0 Å². The summed E-state index contributed by atoms with van der Waals surface area (Å²) in [6.07, 6.45) is -0.735. The van der Waals surface area contributed by atoms with E-state index in [0.717, 1.165) is 24.3 Å². The van der Waals surface area contributed by atoms with Crippen LogP contribution in [0.2, 0.25) is 0 Å². The van der Waals surface area contributed by atoms with Crippen LogP contribution in [0.5, 0.6) is 11.5 Å². The third-order valence-electron chi connectivity index (χ3n) is 8.30. The highest BCUT2D eigenvalue weighted by Gasteiger charge is 2.40. The molecule has 12 nitrogen and oxygen atoms in total. The summed E-state index contributed by atoms with van der Waals surface area (Å²) in [7, 11) is -6.17. The van der Waals surface area contributed by atoms with Crippen LogP contribution in [0.15, 0.2) is 63.2 Å². The van der Waals surface area contributed by atoms with Crippen LogP contribution in [0.3, 0.4) is 0 Å². The molecule has 0 aromatic heterocycles. The fraction of sp³-hybridized carbons (Fsp3) is 0.355. The van der Waals surface area contributed by atoms with Gasteiger partial charge in [-0.1, -0.05) is 19.9 Å². The Balaban J connectivity index is 1.70. The van der Waals surface area contributed by atoms with Crippen LogP contribution < -0.4 is 14.8 Å². The van der Waals surface area contributed by atoms with Crippen molar-refractivity contribution in [2.75, 3.05) is 32.6 Å². The summed E-state index contributed by atoms with van der Waals surface area (Å²) in [6.45, 7) is 3.48. The summed E-state index contributed by atoms with van der Waals surface area (Å²) in [5.41, 5.74) is 0.354. The first-order valence-electron chi connectivity index (χ1n) is 14.4. The number of anilines is 1. The second-order valence-electron chi connectivity index (χ2n) is 11.4. The minimum Gasteiger partial charge on any atom is -0.497 e. The van der Waals surface area contributed by atoms with E-state index in [4.69, 9.17) is 9.47 Å². The molecular formula is C31H34FN3O9S2. The zero-order chi connectivity index (χ0) is 33.6. The van der Waals surface area contributed by atoms with E-state index in [2.05, 4.69) is 5.32 Å². The van der Waals surface area contributed by atoms with Gasteiger partial charge in [-0.3, -0.25) is 4.79 Å². The van der Waals surface area contributed by atoms with Gasteiger partial charge < -0.3 is 24.8 Å². The first-order chi connectivity index (χ1) is 21.7. The zero-order valence-electron chi connectivity index (χ0n) is 25.6. The zero-order valence-corrected chi connectivity index (χ0v) is 27.2. The van der Waals surface area contributed by atoms with Gasteiger partial charge in [-0.25, -0.2) is 26.0 Å². The van der Waals surface area contributed by atoms with E-state index in [-0.39, 0.29) is 54.2 Å². The summed E-state index contributed by atoms with van der Waals surface area (Å²) < 4.78 is 83.8. The van der Waals surface area contributed by atoms with Crippen LogP contribution in [0, 0.1) is 5.82 Å². The van der Waals surface area contributed by atoms with Gasteiger partial charge in [-0.15, -0.1) is 0 Å². The number of halogens is 1. The molecule has 2 aliphatic rings. The smallest absolute Gasteiger partial charge is 0.407 e. The Morgan fingerprint density at radius 3 is 2.37 bits per heavy atom. The number of fused-ring (bicyclic) bond motifs is 2. The van der Waals surface area contributed by atoms with Crippen molar-refractivity contribution in [2.24, 2.45) is 0 Å². The molecule has 0 spiro atoms. The minimum absolute atomic E-state index is 0.0930. The van der Waals surface area contributed by atoms with Gasteiger partial charge in [0, 0.05) is 37.3 Å². The maximum atomic E-state index is 14.8. The molecular weight excluding hydrogens is 641 g/mol. The first-order valence-corrected chi connectivity index (χ1v) is 17.4. The number of rotatable bonds is 8. The lowest BCUT2D eigenvalue weighted by atomic mass is 10.0. The second kappa shape index (κ2) is 12.5. The van der Waals surface area contributed by atoms with E-state index >= 15 is 0 Å². The minimum atomic E-state index is -4.58. The molecule has 3 aromatic carbocycles. The van der Waals surface area contributed by atoms with Crippen LogP contribution in [-0.4, -0.2) is 76.5 Å². The molecule has 246 valence electrons. The van der Waals surface area contributed by atoms with E-state index < -0.39 is 59.4 Å². The maximum Gasteiger partial charge on any atom is 0.407 e. The number of benzene rings is 3. The molecule has 1 fully saturated rings. The number of nitrogens with zero attached hydrogens (tertiary/aromatic N) is 2. The number of piperidine rings is 1. The second-order valence-corrected chi connectivity index (χ2v) is 15.1. The number of methoxy groups -OCH3 is 2. The van der Waals surface area contributed by atoms with Gasteiger partial charge in [0.1, 0.15) is 17.3 Å². The molecule has 15 heteroatoms. The number of likely N-dealkylation sites (tertiary alicyclic amines) is 1. The number of carbonyl (C=O) groups excluding carboxylic acids is 1. The highest BCUT2D eigenvalue weighted by atomic mass is 32.2. The van der Waals surface area contributed by atoms with Gasteiger partial charge in [0.05, 0.1) is 40.2 Å². The van der Waals surface area contributed by atoms with Crippen LogP contribution in [0.1, 0.15) is 54.1 Å². The summed E-state index contributed by atoms with van der Waals surface area (Å²) >= 11 is 0. The van der Waals surface area contributed by atoms with E-state index in [0.29, 0.717) is 17.1 Å². The fourth-order valence-corrected chi connectivity index (χ4v) is 9.55. The van der Waals surface area contributed by atoms with Crippen molar-refractivity contribution in [1.82, 2.24) is 9.21 Å². The van der Waals surface area contributed by atoms with Gasteiger partial charge >= 0.3 is 6.09 Å². The van der Waals surface area contributed by atoms with Gasteiger partial charge in [0.2, 0.25) is 19.9 Å². The van der Waals surface area contributed by atoms with Crippen molar-refractivity contribution in [3.05, 3.63) is 71.0 Å². The van der Waals surface area contributed by atoms with Crippen molar-refractivity contribution in [1.29, 1.82) is 0 Å². The molecule has 5 rings (SSSR count). The number of carboxylic acid groups (broad SMARTS) is 1. The Morgan fingerprint density at radius 2 is 1.76 bits per heavy atom. The van der Waals surface area contributed by atoms with Crippen LogP contribution >= 0.6 is 0 Å². The average molecular weight is 676 g/mol. The lowest BCUT2D eigenvalue weighted by molar-refractivity contribution is 0.102. The molecule has 2 N–H and O–H groups in total. The number of nitrogens with one attached hydrogen (secondary N) is 1. The predicted octanol–water partition coefficient (Wildman–Crippen LogP) is 4.70. The average Bonchev–Trinajstić information content (AvgIpc) is 3.10. The lowest BCUT2D eigenvalue weighted by Gasteiger charge is -2.37. The quantitative estimate of drug-likeness (QED) is 0.345. The number of amides is 2. The van der Waals surface area contributed by atoms with Gasteiger partial charge in [-0.2, -0.15) is 4.31 Å². The summed E-state index contributed by atoms with van der Waals surface area (Å²) in [5, 5.41) is 12.1. The monoisotopic (exact) mass is 675 g/mol. The van der Waals surface area contributed by atoms with E-state index in [1.807, 2.05) is 0 Å². The van der Waals surface area contributed by atoms with E-state index in [1.54, 1.807) is 32.0 Å². The van der Waals surface area contributed by atoms with Gasteiger partial charge in [0.15, 0.2) is 0 Å². The third-order valence-corrected chi connectivity index (χ3v) is 12.1. The Kier molecular flexibility index (Phi) is 9.03. The predicted molar refractivity (Wildman–Crippen MR) is 165 cm³/mol. The van der Waals surface area contributed by atoms with Crippen LogP contribution in [0.4, 0.5) is 14.9 Å². The van der Waals surface area contributed by atoms with Crippen molar-refractivity contribution in [3.8, 4) is 11.5 Å². The van der Waals surface area contributed by atoms with Crippen LogP contribution in [-0.2, 0) is 26.4 Å². The molecule has 2 amide bonds. The molecule has 1 saturated heterocycles. The van der Waals surface area contributed by atoms with Crippen molar-refractivity contribution < 1.29 is 45.4 Å². The standard InChI is InChI=1S/C31H34FN3O9S2/c1-18(2)24-15-25-29(45(39,40)27-13-20(32)6-8-23(27)30(36)33-25)16-28(24)46(41,42)35(21-9-11-34(12-10-21)31(37)38)17-19-5-7-22(43-3)14-26(19)44-4/h5-8,13-16,18,21H,9-12,17H2,1-4H3,(H,33,36)(H,37,38). The SMILES string of the molecule is COc1ccc(CN(C2CCN(C(=O)O)CC2)S(=O)(=O)c2cc3c(cc2C(C)C)NC(=O)c2ccc(F)cc2S3(=O)=O)c(OC)c1. The topological polar surface area (TPSA) is 160 Å². The first kappa shape index (κ1) is 33.2. The summed E-state index contributed by atoms with van der Waals surface area (Å²) in [6, 6.07) is 9.42. The molecule has 0 bridgehead atoms. The molecule has 0 aliphatic carbocycles. The molecule has 2 aliphatic heterocycles. The Labute approximate surface area is 266 Å². The maximum absolute atomic E-state index is 14.8. The Morgan fingerprint density at radius 1 is 1.07 bits per heavy atom. The Bertz CT molecular complexity index is 1920. The number of hydrogen-bond acceptors (Lipinski definition) is 8. The molecule has 0 saturated carbocycles. The van der Waals surface area contributed by atoms with Crippen molar-refractivity contribution >= 4 is 37.5 Å². The van der Waals surface area contributed by atoms with Crippen LogP contribution in [0.25, 0.3) is 0 Å². The molecule has 46 heavy (non-hydrogen) atoms. The van der Waals surface area contributed by atoms with E-state index in [9.17, 15) is 35.9 Å². The number of sulfonamides is 1. The van der Waals surface area contributed by atoms with E-state index in [1.165, 1.54) is 29.5 Å². The van der Waals surface area contributed by atoms with Gasteiger partial charge in [0.25, 0.3) is 5.91 Å². The number of ether oxygens (including phenoxy) is 2. The highest BCUT2D eigenvalue weighted by Crippen LogP contribution is 2.41. The number of carbonyl (C=O) groups is 2. The molecule has 0 unspecified atom stereocenters. The largest absolute Gasteiger partial charge is 0.497 e. The van der Waals surface area contributed by atoms with Gasteiger partial charge in [-0.05, 0) is 60.7 Å². The molecule has 3 aromatic rings. The number of hydrogen-bond donors (Lipinski definition) is 2. The third kappa shape index (κ3) is 6.01. The number of sulfone groups is 1. The highest BCUT2D eigenvalue weighted by molar-refractivity contribution is 7.92. The normalized spacial score (nSPS) is 16.4. The Hall–Kier alpha value is -4.21. The summed E-state index contributed by atoms with van der Waals surface area (Å²) in [5.74, 6) is -1.25. The lowest BCUT2D eigenvalue weighted by Crippen LogP contribution is -2.48. The molecule has 0 radical (unpaired) electrons. The summed E-state index contributed by atoms with van der Waals surface area (Å²) in [4.78, 5) is 24.5. The molecule has 0 atom stereocenters.